The second-order valence-corrected chi connectivity index (χ2v) is 6.95. The third kappa shape index (κ3) is 4.54. The molecule has 1 aliphatic carbocycles. The zero-order chi connectivity index (χ0) is 19.4. The van der Waals surface area contributed by atoms with Gasteiger partial charge in [-0.25, -0.2) is 0 Å². The van der Waals surface area contributed by atoms with Gasteiger partial charge in [0.25, 0.3) is 0 Å². The number of hydrogen-bond donors (Lipinski definition) is 0. The van der Waals surface area contributed by atoms with Crippen molar-refractivity contribution < 1.29 is 19.0 Å². The van der Waals surface area contributed by atoms with Gasteiger partial charge in [-0.1, -0.05) is 29.8 Å². The zero-order valence-electron chi connectivity index (χ0n) is 16.5. The molecule has 0 saturated heterocycles. The Balaban J connectivity index is 1.80. The number of rotatable bonds is 8. The maximum atomic E-state index is 13.0. The molecule has 5 heteroatoms. The molecule has 0 spiro atoms. The molecule has 0 heterocycles. The summed E-state index contributed by atoms with van der Waals surface area (Å²) in [5.41, 5.74) is 3.21. The summed E-state index contributed by atoms with van der Waals surface area (Å²) in [5, 5.41) is 0. The van der Waals surface area contributed by atoms with Gasteiger partial charge in [0.1, 0.15) is 0 Å². The third-order valence-electron chi connectivity index (χ3n) is 4.86. The molecular weight excluding hydrogens is 342 g/mol. The molecule has 1 saturated carbocycles. The van der Waals surface area contributed by atoms with Gasteiger partial charge in [-0.05, 0) is 43.0 Å². The smallest absolute Gasteiger partial charge is 0.227 e. The molecule has 27 heavy (non-hydrogen) atoms. The zero-order valence-corrected chi connectivity index (χ0v) is 16.5. The Hall–Kier alpha value is -2.69. The normalized spacial score (nSPS) is 13.2. The van der Waals surface area contributed by atoms with Crippen LogP contribution in [0.4, 0.5) is 0 Å². The van der Waals surface area contributed by atoms with Crippen molar-refractivity contribution in [2.24, 2.45) is 0 Å². The Bertz CT molecular complexity index is 771. The molecule has 0 radical (unpaired) electrons. The van der Waals surface area contributed by atoms with E-state index in [4.69, 9.17) is 14.2 Å². The Morgan fingerprint density at radius 2 is 1.56 bits per heavy atom. The van der Waals surface area contributed by atoms with Crippen LogP contribution in [0.2, 0.25) is 0 Å². The summed E-state index contributed by atoms with van der Waals surface area (Å²) >= 11 is 0. The highest BCUT2D eigenvalue weighted by molar-refractivity contribution is 5.79. The Kier molecular flexibility index (Phi) is 5.89. The molecule has 0 aliphatic heterocycles. The van der Waals surface area contributed by atoms with Crippen LogP contribution in [-0.4, -0.2) is 38.2 Å². The summed E-state index contributed by atoms with van der Waals surface area (Å²) in [7, 11) is 4.78. The number of carbonyl (C=O) groups excluding carboxylic acids is 1. The molecule has 1 amide bonds. The maximum absolute atomic E-state index is 13.0. The highest BCUT2D eigenvalue weighted by Crippen LogP contribution is 2.39. The molecule has 0 aromatic heterocycles. The first kappa shape index (κ1) is 19.1. The Morgan fingerprint density at radius 1 is 0.963 bits per heavy atom. The van der Waals surface area contributed by atoms with E-state index in [0.717, 1.165) is 24.0 Å². The van der Waals surface area contributed by atoms with Crippen LogP contribution in [0.3, 0.4) is 0 Å². The molecule has 1 aliphatic rings. The van der Waals surface area contributed by atoms with Gasteiger partial charge in [0, 0.05) is 12.6 Å². The third-order valence-corrected chi connectivity index (χ3v) is 4.86. The van der Waals surface area contributed by atoms with Gasteiger partial charge in [-0.15, -0.1) is 0 Å². The van der Waals surface area contributed by atoms with E-state index in [1.807, 2.05) is 48.2 Å². The lowest BCUT2D eigenvalue weighted by molar-refractivity contribution is -0.131. The predicted molar refractivity (Wildman–Crippen MR) is 105 cm³/mol. The van der Waals surface area contributed by atoms with E-state index in [0.29, 0.717) is 36.3 Å². The molecule has 0 bridgehead atoms. The van der Waals surface area contributed by atoms with E-state index < -0.39 is 0 Å². The van der Waals surface area contributed by atoms with Gasteiger partial charge in [0.2, 0.25) is 11.7 Å². The van der Waals surface area contributed by atoms with Crippen molar-refractivity contribution in [3.8, 4) is 17.2 Å². The van der Waals surface area contributed by atoms with Crippen LogP contribution >= 0.6 is 0 Å². The standard InChI is InChI=1S/C22H27NO4/c1-15-5-7-16(8-6-15)13-21(24)23(18-9-10-18)14-17-11-19(25-2)22(27-4)20(12-17)26-3/h5-8,11-12,18H,9-10,13-14H2,1-4H3. The highest BCUT2D eigenvalue weighted by atomic mass is 16.5. The van der Waals surface area contributed by atoms with Crippen molar-refractivity contribution in [2.45, 2.75) is 38.8 Å². The number of benzene rings is 2. The van der Waals surface area contributed by atoms with E-state index in [2.05, 4.69) is 0 Å². The van der Waals surface area contributed by atoms with Crippen LogP contribution in [-0.2, 0) is 17.8 Å². The summed E-state index contributed by atoms with van der Waals surface area (Å²) in [4.78, 5) is 14.9. The lowest BCUT2D eigenvalue weighted by Crippen LogP contribution is -2.33. The summed E-state index contributed by atoms with van der Waals surface area (Å²) in [5.74, 6) is 1.92. The molecule has 144 valence electrons. The number of amides is 1. The predicted octanol–water partition coefficient (Wildman–Crippen LogP) is 3.75. The lowest BCUT2D eigenvalue weighted by Gasteiger charge is -2.24. The summed E-state index contributed by atoms with van der Waals surface area (Å²) < 4.78 is 16.3. The summed E-state index contributed by atoms with van der Waals surface area (Å²) in [6.45, 7) is 2.58. The molecule has 5 nitrogen and oxygen atoms in total. The first-order valence-corrected chi connectivity index (χ1v) is 9.19. The lowest BCUT2D eigenvalue weighted by atomic mass is 10.1. The Morgan fingerprint density at radius 3 is 2.04 bits per heavy atom. The van der Waals surface area contributed by atoms with E-state index >= 15 is 0 Å². The fourth-order valence-electron chi connectivity index (χ4n) is 3.21. The van der Waals surface area contributed by atoms with Crippen LogP contribution in [0.5, 0.6) is 17.2 Å². The van der Waals surface area contributed by atoms with Gasteiger partial charge in [-0.3, -0.25) is 4.79 Å². The average molecular weight is 369 g/mol. The number of aryl methyl sites for hydroxylation is 1. The van der Waals surface area contributed by atoms with Gasteiger partial charge in [-0.2, -0.15) is 0 Å². The van der Waals surface area contributed by atoms with E-state index in [9.17, 15) is 4.79 Å². The van der Waals surface area contributed by atoms with Gasteiger partial charge < -0.3 is 19.1 Å². The fourth-order valence-corrected chi connectivity index (χ4v) is 3.21. The van der Waals surface area contributed by atoms with Crippen molar-refractivity contribution in [3.05, 3.63) is 53.1 Å². The minimum atomic E-state index is 0.148. The Labute approximate surface area is 160 Å². The van der Waals surface area contributed by atoms with E-state index in [1.165, 1.54) is 5.56 Å². The summed E-state index contributed by atoms with van der Waals surface area (Å²) in [6.07, 6.45) is 2.54. The molecule has 3 rings (SSSR count). The molecule has 0 unspecified atom stereocenters. The number of ether oxygens (including phenoxy) is 3. The van der Waals surface area contributed by atoms with Gasteiger partial charge >= 0.3 is 0 Å². The van der Waals surface area contributed by atoms with Gasteiger partial charge in [0.15, 0.2) is 11.5 Å². The molecule has 2 aromatic rings. The van der Waals surface area contributed by atoms with E-state index in [-0.39, 0.29) is 5.91 Å². The number of methoxy groups -OCH3 is 3. The minimum absolute atomic E-state index is 0.148. The number of hydrogen-bond acceptors (Lipinski definition) is 4. The van der Waals surface area contributed by atoms with Crippen LogP contribution in [0.15, 0.2) is 36.4 Å². The van der Waals surface area contributed by atoms with Crippen molar-refractivity contribution in [1.29, 1.82) is 0 Å². The molecular formula is C22H27NO4. The molecule has 0 atom stereocenters. The van der Waals surface area contributed by atoms with Crippen molar-refractivity contribution >= 4 is 5.91 Å². The van der Waals surface area contributed by atoms with Crippen LogP contribution in [0.1, 0.15) is 29.5 Å². The van der Waals surface area contributed by atoms with Gasteiger partial charge in [0.05, 0.1) is 27.8 Å². The monoisotopic (exact) mass is 369 g/mol. The molecule has 1 fully saturated rings. The van der Waals surface area contributed by atoms with Crippen LogP contribution in [0.25, 0.3) is 0 Å². The van der Waals surface area contributed by atoms with Crippen molar-refractivity contribution in [3.63, 3.8) is 0 Å². The molecule has 0 N–H and O–H groups in total. The second kappa shape index (κ2) is 8.33. The first-order valence-electron chi connectivity index (χ1n) is 9.19. The van der Waals surface area contributed by atoms with Crippen LogP contribution < -0.4 is 14.2 Å². The highest BCUT2D eigenvalue weighted by Gasteiger charge is 2.32. The quantitative estimate of drug-likeness (QED) is 0.711. The maximum Gasteiger partial charge on any atom is 0.227 e. The minimum Gasteiger partial charge on any atom is -0.493 e. The summed E-state index contributed by atoms with van der Waals surface area (Å²) in [6, 6.07) is 12.3. The number of carbonyl (C=O) groups is 1. The number of nitrogens with zero attached hydrogens (tertiary/aromatic N) is 1. The SMILES string of the molecule is COc1cc(CN(C(=O)Cc2ccc(C)cc2)C2CC2)cc(OC)c1OC. The molecule has 2 aromatic carbocycles. The fraction of sp³-hybridized carbons (Fsp3) is 0.409. The largest absolute Gasteiger partial charge is 0.493 e. The second-order valence-electron chi connectivity index (χ2n) is 6.95. The van der Waals surface area contributed by atoms with Crippen molar-refractivity contribution in [1.82, 2.24) is 4.90 Å². The van der Waals surface area contributed by atoms with E-state index in [1.54, 1.807) is 21.3 Å². The van der Waals surface area contributed by atoms with Crippen LogP contribution in [0, 0.1) is 6.92 Å². The van der Waals surface area contributed by atoms with Crippen molar-refractivity contribution in [2.75, 3.05) is 21.3 Å². The first-order chi connectivity index (χ1) is 13.0. The topological polar surface area (TPSA) is 48.0 Å². The average Bonchev–Trinajstić information content (AvgIpc) is 3.51.